The van der Waals surface area contributed by atoms with Gasteiger partial charge in [-0.05, 0) is 32.3 Å². The summed E-state index contributed by atoms with van der Waals surface area (Å²) in [5.41, 5.74) is 1.17. The molecule has 1 saturated heterocycles. The molecule has 2 aromatic rings. The van der Waals surface area contributed by atoms with Crippen LogP contribution in [-0.2, 0) is 11.3 Å². The minimum atomic E-state index is -0.346. The predicted molar refractivity (Wildman–Crippen MR) is 113 cm³/mol. The molecule has 0 aromatic carbocycles. The summed E-state index contributed by atoms with van der Waals surface area (Å²) in [5.74, 6) is 1.59. The van der Waals surface area contributed by atoms with E-state index in [2.05, 4.69) is 15.4 Å². The normalized spacial score (nSPS) is 21.7. The van der Waals surface area contributed by atoms with Crippen molar-refractivity contribution in [3.8, 4) is 0 Å². The molecule has 0 radical (unpaired) electrons. The second-order valence-electron chi connectivity index (χ2n) is 7.44. The van der Waals surface area contributed by atoms with Gasteiger partial charge in [-0.25, -0.2) is 0 Å². The minimum absolute atomic E-state index is 0.0750. The second kappa shape index (κ2) is 7.71. The van der Waals surface area contributed by atoms with Crippen molar-refractivity contribution in [2.24, 2.45) is 5.92 Å². The molecule has 7 nitrogen and oxygen atoms in total. The van der Waals surface area contributed by atoms with Gasteiger partial charge in [-0.3, -0.25) is 9.59 Å². The lowest BCUT2D eigenvalue weighted by molar-refractivity contribution is -0.115. The highest BCUT2D eigenvalue weighted by atomic mass is 32.2. The molecule has 2 bridgehead atoms. The average Bonchev–Trinajstić information content (AvgIpc) is 3.07. The summed E-state index contributed by atoms with van der Waals surface area (Å²) in [4.78, 5) is 26.7. The number of fused-ring (bicyclic) bond motifs is 4. The zero-order valence-electron chi connectivity index (χ0n) is 15.8. The van der Waals surface area contributed by atoms with Gasteiger partial charge in [0.05, 0.1) is 5.25 Å². The van der Waals surface area contributed by atoms with E-state index in [1.165, 1.54) is 11.8 Å². The van der Waals surface area contributed by atoms with E-state index in [0.29, 0.717) is 23.4 Å². The number of thioether (sulfide) groups is 1. The number of pyridine rings is 1. The molecular weight excluding hydrogens is 396 g/mol. The molecule has 28 heavy (non-hydrogen) atoms. The lowest BCUT2D eigenvalue weighted by atomic mass is 9.83. The number of aromatic nitrogens is 2. The van der Waals surface area contributed by atoms with Gasteiger partial charge in [-0.1, -0.05) is 35.2 Å². The van der Waals surface area contributed by atoms with Gasteiger partial charge in [0.15, 0.2) is 5.82 Å². The van der Waals surface area contributed by atoms with E-state index in [9.17, 15) is 9.59 Å². The Morgan fingerprint density at radius 3 is 2.96 bits per heavy atom. The number of amides is 1. The second-order valence-corrected chi connectivity index (χ2v) is 9.42. The molecule has 2 aliphatic heterocycles. The number of nitrogens with one attached hydrogen (secondary N) is 1. The Kier molecular flexibility index (Phi) is 5.29. The molecule has 1 N–H and O–H groups in total. The van der Waals surface area contributed by atoms with Gasteiger partial charge in [0.2, 0.25) is 5.91 Å². The fourth-order valence-electron chi connectivity index (χ4n) is 3.98. The van der Waals surface area contributed by atoms with Gasteiger partial charge >= 0.3 is 0 Å². The van der Waals surface area contributed by atoms with E-state index in [-0.39, 0.29) is 16.7 Å². The van der Waals surface area contributed by atoms with Gasteiger partial charge in [-0.15, -0.1) is 0 Å². The van der Waals surface area contributed by atoms with Crippen molar-refractivity contribution in [3.63, 3.8) is 0 Å². The van der Waals surface area contributed by atoms with Crippen molar-refractivity contribution in [3.05, 3.63) is 46.1 Å². The lowest BCUT2D eigenvalue weighted by Gasteiger charge is -2.43. The number of hydrogen-bond acceptors (Lipinski definition) is 6. The number of anilines is 1. The summed E-state index contributed by atoms with van der Waals surface area (Å²) < 4.78 is 7.60. The van der Waals surface area contributed by atoms with E-state index in [4.69, 9.17) is 16.7 Å². The smallest absolute Gasteiger partial charge is 0.250 e. The fraction of sp³-hybridized carbons (Fsp3) is 0.474. The summed E-state index contributed by atoms with van der Waals surface area (Å²) in [7, 11) is 0. The summed E-state index contributed by atoms with van der Waals surface area (Å²) >= 11 is 7.03. The molecule has 9 heteroatoms. The summed E-state index contributed by atoms with van der Waals surface area (Å²) in [6.07, 6.45) is 1.08. The predicted octanol–water partition coefficient (Wildman–Crippen LogP) is 2.61. The van der Waals surface area contributed by atoms with Crippen LogP contribution >= 0.6 is 24.0 Å². The van der Waals surface area contributed by atoms with Crippen LogP contribution < -0.4 is 10.9 Å². The van der Waals surface area contributed by atoms with Crippen molar-refractivity contribution >= 4 is 40.0 Å². The topological polar surface area (TPSA) is 80.4 Å². The molecule has 0 saturated carbocycles. The van der Waals surface area contributed by atoms with E-state index >= 15 is 0 Å². The molecule has 1 fully saturated rings. The third kappa shape index (κ3) is 3.86. The SMILES string of the molecule is Cc1cc(NC(=O)C(C)SC(=S)N2CC3CC(C2)c2cccc(=O)n2C3)no1. The number of thiocarbonyl (C=S) groups is 1. The number of hydrogen-bond donors (Lipinski definition) is 1. The molecule has 1 amide bonds. The van der Waals surface area contributed by atoms with Crippen LogP contribution in [-0.4, -0.2) is 43.2 Å². The lowest BCUT2D eigenvalue weighted by Crippen LogP contribution is -2.48. The third-order valence-electron chi connectivity index (χ3n) is 5.26. The standard InChI is InChI=1S/C19H22N4O3S2/c1-11-6-16(21-26-11)20-18(25)12(2)28-19(27)22-8-13-7-14(10-22)15-4-3-5-17(24)23(15)9-13/h3-6,12-14H,7-10H2,1-2H3,(H,20,21,25). The van der Waals surface area contributed by atoms with Crippen LogP contribution in [0.4, 0.5) is 5.82 Å². The maximum Gasteiger partial charge on any atom is 0.250 e. The van der Waals surface area contributed by atoms with E-state index in [1.54, 1.807) is 19.1 Å². The van der Waals surface area contributed by atoms with Crippen LogP contribution in [0.5, 0.6) is 0 Å². The van der Waals surface area contributed by atoms with Crippen LogP contribution in [0.2, 0.25) is 0 Å². The zero-order chi connectivity index (χ0) is 19.8. The zero-order valence-corrected chi connectivity index (χ0v) is 17.4. The van der Waals surface area contributed by atoms with E-state index in [1.807, 2.05) is 23.6 Å². The fourth-order valence-corrected chi connectivity index (χ4v) is 5.33. The van der Waals surface area contributed by atoms with Crippen LogP contribution in [0.3, 0.4) is 0 Å². The minimum Gasteiger partial charge on any atom is -0.360 e. The highest BCUT2D eigenvalue weighted by molar-refractivity contribution is 8.23. The highest BCUT2D eigenvalue weighted by Crippen LogP contribution is 2.36. The quantitative estimate of drug-likeness (QED) is 0.768. The Labute approximate surface area is 172 Å². The number of likely N-dealkylation sites (tertiary alicyclic amines) is 1. The molecule has 148 valence electrons. The van der Waals surface area contributed by atoms with Crippen LogP contribution in [0, 0.1) is 12.8 Å². The number of piperidine rings is 1. The van der Waals surface area contributed by atoms with Gasteiger partial charge in [0.1, 0.15) is 10.1 Å². The Balaban J connectivity index is 1.39. The molecular formula is C19H22N4O3S2. The van der Waals surface area contributed by atoms with Crippen LogP contribution in [0.15, 0.2) is 33.6 Å². The number of nitrogens with zero attached hydrogens (tertiary/aromatic N) is 3. The van der Waals surface area contributed by atoms with Gasteiger partial charge in [-0.2, -0.15) is 0 Å². The Morgan fingerprint density at radius 2 is 2.21 bits per heavy atom. The van der Waals surface area contributed by atoms with Crippen molar-refractivity contribution in [1.29, 1.82) is 0 Å². The molecule has 3 atom stereocenters. The molecule has 4 rings (SSSR count). The van der Waals surface area contributed by atoms with Crippen molar-refractivity contribution in [2.75, 3.05) is 18.4 Å². The number of carbonyl (C=O) groups excluding carboxylic acids is 1. The number of aryl methyl sites for hydroxylation is 1. The Morgan fingerprint density at radius 1 is 1.39 bits per heavy atom. The van der Waals surface area contributed by atoms with E-state index in [0.717, 1.165) is 36.1 Å². The van der Waals surface area contributed by atoms with Crippen LogP contribution in [0.25, 0.3) is 0 Å². The Bertz CT molecular complexity index is 970. The van der Waals surface area contributed by atoms with Crippen molar-refractivity contribution in [1.82, 2.24) is 14.6 Å². The summed E-state index contributed by atoms with van der Waals surface area (Å²) in [5, 5.41) is 6.19. The number of rotatable bonds is 3. The molecule has 0 aliphatic carbocycles. The number of carbonyl (C=O) groups is 1. The average molecular weight is 419 g/mol. The van der Waals surface area contributed by atoms with Crippen molar-refractivity contribution < 1.29 is 9.32 Å². The molecule has 2 aromatic heterocycles. The summed E-state index contributed by atoms with van der Waals surface area (Å²) in [6, 6.07) is 7.18. The molecule has 2 aliphatic rings. The first kappa shape index (κ1) is 19.2. The monoisotopic (exact) mass is 418 g/mol. The summed E-state index contributed by atoms with van der Waals surface area (Å²) in [6.45, 7) is 5.94. The first-order valence-electron chi connectivity index (χ1n) is 9.30. The molecule has 3 unspecified atom stereocenters. The maximum absolute atomic E-state index is 12.4. The highest BCUT2D eigenvalue weighted by Gasteiger charge is 2.35. The third-order valence-corrected chi connectivity index (χ3v) is 6.84. The van der Waals surface area contributed by atoms with Crippen molar-refractivity contribution in [2.45, 2.75) is 38.0 Å². The Hall–Kier alpha value is -2.13. The first-order chi connectivity index (χ1) is 13.4. The van der Waals surface area contributed by atoms with Gasteiger partial charge in [0.25, 0.3) is 5.56 Å². The van der Waals surface area contributed by atoms with E-state index < -0.39 is 0 Å². The molecule has 4 heterocycles. The maximum atomic E-state index is 12.4. The van der Waals surface area contributed by atoms with Gasteiger partial charge < -0.3 is 19.3 Å². The van der Waals surface area contributed by atoms with Crippen LogP contribution in [0.1, 0.15) is 30.7 Å². The van der Waals surface area contributed by atoms with Gasteiger partial charge in [0, 0.05) is 43.4 Å². The largest absolute Gasteiger partial charge is 0.360 e. The molecule has 0 spiro atoms. The first-order valence-corrected chi connectivity index (χ1v) is 10.6.